The van der Waals surface area contributed by atoms with Crippen LogP contribution in [0.1, 0.15) is 24.3 Å². The third kappa shape index (κ3) is 2.97. The summed E-state index contributed by atoms with van der Waals surface area (Å²) >= 11 is 0. The molecule has 1 saturated heterocycles. The van der Waals surface area contributed by atoms with E-state index in [-0.39, 0.29) is 6.42 Å². The molecular formula is C17H19N5O5. The molecule has 4 rings (SSSR count). The molecule has 3 aromatic rings. The van der Waals surface area contributed by atoms with E-state index in [1.54, 1.807) is 17.7 Å². The highest BCUT2D eigenvalue weighted by molar-refractivity contribution is 5.74. The summed E-state index contributed by atoms with van der Waals surface area (Å²) in [6, 6.07) is 6.74. The number of hydrogen-bond donors (Lipinski definition) is 3. The van der Waals surface area contributed by atoms with Crippen LogP contribution in [0.3, 0.4) is 0 Å². The van der Waals surface area contributed by atoms with Crippen LogP contribution in [0.5, 0.6) is 0 Å². The fourth-order valence-electron chi connectivity index (χ4n) is 3.44. The number of nitrogens with zero attached hydrogens (tertiary/aromatic N) is 4. The Morgan fingerprint density at radius 2 is 2.11 bits per heavy atom. The van der Waals surface area contributed by atoms with E-state index in [4.69, 9.17) is 4.74 Å². The van der Waals surface area contributed by atoms with Gasteiger partial charge in [0.1, 0.15) is 24.0 Å². The number of rotatable bonds is 3. The summed E-state index contributed by atoms with van der Waals surface area (Å²) in [5.74, 6) is 0. The van der Waals surface area contributed by atoms with Crippen LogP contribution in [0.25, 0.3) is 11.0 Å². The van der Waals surface area contributed by atoms with E-state index in [9.17, 15) is 19.8 Å². The number of aromatic amines is 1. The minimum absolute atomic E-state index is 0.205. The van der Waals surface area contributed by atoms with E-state index in [0.717, 1.165) is 5.52 Å². The lowest BCUT2D eigenvalue weighted by atomic mass is 9.98. The minimum atomic E-state index is -1.05. The van der Waals surface area contributed by atoms with Crippen molar-refractivity contribution in [3.8, 4) is 0 Å². The Hall–Kier alpha value is -2.82. The van der Waals surface area contributed by atoms with Crippen LogP contribution in [0.2, 0.25) is 0 Å². The monoisotopic (exact) mass is 373 g/mol. The topological polar surface area (TPSA) is 135 Å². The van der Waals surface area contributed by atoms with E-state index in [0.29, 0.717) is 11.1 Å². The fourth-order valence-corrected chi connectivity index (χ4v) is 3.44. The van der Waals surface area contributed by atoms with Gasteiger partial charge in [0, 0.05) is 18.2 Å². The fraction of sp³-hybridized carbons (Fsp3) is 0.412. The summed E-state index contributed by atoms with van der Waals surface area (Å²) in [6.07, 6.45) is -1.14. The molecule has 1 fully saturated rings. The van der Waals surface area contributed by atoms with Gasteiger partial charge in [-0.2, -0.15) is 0 Å². The second-order valence-corrected chi connectivity index (χ2v) is 6.61. The lowest BCUT2D eigenvalue weighted by molar-refractivity contribution is -0.181. The Morgan fingerprint density at radius 3 is 2.89 bits per heavy atom. The minimum Gasteiger partial charge on any atom is -0.394 e. The molecule has 1 aliphatic heterocycles. The molecule has 10 nitrogen and oxygen atoms in total. The van der Waals surface area contributed by atoms with Crippen molar-refractivity contribution >= 4 is 11.0 Å². The summed E-state index contributed by atoms with van der Waals surface area (Å²) in [5.41, 5.74) is 0.664. The lowest BCUT2D eigenvalue weighted by Gasteiger charge is -2.39. The van der Waals surface area contributed by atoms with Crippen molar-refractivity contribution in [3.05, 3.63) is 56.9 Å². The highest BCUT2D eigenvalue weighted by Gasteiger charge is 2.40. The van der Waals surface area contributed by atoms with Gasteiger partial charge in [-0.1, -0.05) is 17.3 Å². The molecule has 0 amide bonds. The molecule has 4 atom stereocenters. The van der Waals surface area contributed by atoms with Gasteiger partial charge in [0.05, 0.1) is 18.2 Å². The molecule has 142 valence electrons. The van der Waals surface area contributed by atoms with E-state index < -0.39 is 42.3 Å². The predicted molar refractivity (Wildman–Crippen MR) is 94.2 cm³/mol. The molecule has 3 heterocycles. The summed E-state index contributed by atoms with van der Waals surface area (Å²) in [7, 11) is 0. The zero-order valence-electron chi connectivity index (χ0n) is 14.5. The normalized spacial score (nSPS) is 25.7. The van der Waals surface area contributed by atoms with E-state index in [1.165, 1.54) is 10.8 Å². The first-order chi connectivity index (χ1) is 13.0. The van der Waals surface area contributed by atoms with Crippen molar-refractivity contribution in [2.75, 3.05) is 6.61 Å². The van der Waals surface area contributed by atoms with Gasteiger partial charge in [-0.3, -0.25) is 14.3 Å². The standard InChI is InChI=1S/C17H19N5O5/c1-9-7-21(17(26)18-16(9)25)14-6-12(15(24)13(8-23)27-14)22-11-5-3-2-4-10(11)19-20-22/h2-5,7,12-15,23-24H,6,8H2,1H3,(H,18,25,26)/t12-,13-,14+,15+/m1/s1. The first-order valence-corrected chi connectivity index (χ1v) is 8.56. The van der Waals surface area contributed by atoms with E-state index in [1.807, 2.05) is 18.2 Å². The van der Waals surface area contributed by atoms with Crippen LogP contribution in [-0.4, -0.2) is 53.6 Å². The molecule has 2 aromatic heterocycles. The molecule has 1 aliphatic rings. The van der Waals surface area contributed by atoms with Crippen LogP contribution in [-0.2, 0) is 4.74 Å². The molecule has 0 spiro atoms. The summed E-state index contributed by atoms with van der Waals surface area (Å²) in [5, 5.41) is 28.6. The van der Waals surface area contributed by atoms with Gasteiger partial charge in [0.2, 0.25) is 0 Å². The largest absolute Gasteiger partial charge is 0.394 e. The highest BCUT2D eigenvalue weighted by Crippen LogP contribution is 2.35. The number of benzene rings is 1. The second-order valence-electron chi connectivity index (χ2n) is 6.61. The zero-order chi connectivity index (χ0) is 19.1. The van der Waals surface area contributed by atoms with Crippen molar-refractivity contribution in [2.45, 2.75) is 37.8 Å². The van der Waals surface area contributed by atoms with Crippen molar-refractivity contribution < 1.29 is 14.9 Å². The van der Waals surface area contributed by atoms with Gasteiger partial charge in [-0.25, -0.2) is 9.48 Å². The van der Waals surface area contributed by atoms with Gasteiger partial charge in [0.25, 0.3) is 5.56 Å². The van der Waals surface area contributed by atoms with Gasteiger partial charge in [-0.05, 0) is 19.1 Å². The number of aliphatic hydroxyl groups is 2. The van der Waals surface area contributed by atoms with Crippen molar-refractivity contribution in [3.63, 3.8) is 0 Å². The number of H-pyrrole nitrogens is 1. The van der Waals surface area contributed by atoms with E-state index in [2.05, 4.69) is 15.3 Å². The number of ether oxygens (including phenoxy) is 1. The van der Waals surface area contributed by atoms with Crippen molar-refractivity contribution in [1.82, 2.24) is 24.5 Å². The van der Waals surface area contributed by atoms with Crippen molar-refractivity contribution in [2.24, 2.45) is 0 Å². The number of fused-ring (bicyclic) bond motifs is 1. The van der Waals surface area contributed by atoms with Gasteiger partial charge < -0.3 is 14.9 Å². The smallest absolute Gasteiger partial charge is 0.330 e. The average Bonchev–Trinajstić information content (AvgIpc) is 3.09. The number of aliphatic hydroxyl groups excluding tert-OH is 2. The Balaban J connectivity index is 1.77. The summed E-state index contributed by atoms with van der Waals surface area (Å²) < 4.78 is 8.58. The third-order valence-corrected chi connectivity index (χ3v) is 4.88. The first kappa shape index (κ1) is 17.6. The predicted octanol–water partition coefficient (Wildman–Crippen LogP) is -0.528. The van der Waals surface area contributed by atoms with E-state index >= 15 is 0 Å². The molecule has 0 bridgehead atoms. The van der Waals surface area contributed by atoms with Crippen LogP contribution >= 0.6 is 0 Å². The Morgan fingerprint density at radius 1 is 1.33 bits per heavy atom. The Labute approximate surface area is 152 Å². The van der Waals surface area contributed by atoms with Gasteiger partial charge in [-0.15, -0.1) is 5.10 Å². The molecule has 3 N–H and O–H groups in total. The quantitative estimate of drug-likeness (QED) is 0.562. The number of aryl methyl sites for hydroxylation is 1. The number of aromatic nitrogens is 5. The molecular weight excluding hydrogens is 354 g/mol. The second kappa shape index (κ2) is 6.72. The molecule has 10 heteroatoms. The third-order valence-electron chi connectivity index (χ3n) is 4.88. The number of para-hydroxylation sites is 1. The zero-order valence-corrected chi connectivity index (χ0v) is 14.5. The van der Waals surface area contributed by atoms with Crippen LogP contribution < -0.4 is 11.2 Å². The Kier molecular flexibility index (Phi) is 4.38. The summed E-state index contributed by atoms with van der Waals surface area (Å²) in [4.78, 5) is 26.1. The molecule has 0 unspecified atom stereocenters. The van der Waals surface area contributed by atoms with Gasteiger partial charge >= 0.3 is 5.69 Å². The molecule has 0 saturated carbocycles. The van der Waals surface area contributed by atoms with Crippen LogP contribution in [0, 0.1) is 6.92 Å². The van der Waals surface area contributed by atoms with Gasteiger partial charge in [0.15, 0.2) is 0 Å². The molecule has 1 aromatic carbocycles. The first-order valence-electron chi connectivity index (χ1n) is 8.56. The maximum atomic E-state index is 12.2. The summed E-state index contributed by atoms with van der Waals surface area (Å²) in [6.45, 7) is 1.15. The molecule has 0 radical (unpaired) electrons. The SMILES string of the molecule is Cc1cn([C@@H]2C[C@@H](n3nnc4ccccc43)[C@H](O)[C@@H](CO)O2)c(=O)[nH]c1=O. The maximum Gasteiger partial charge on any atom is 0.330 e. The van der Waals surface area contributed by atoms with Crippen LogP contribution in [0.4, 0.5) is 0 Å². The lowest BCUT2D eigenvalue weighted by Crippen LogP contribution is -2.48. The number of nitrogens with one attached hydrogen (secondary N) is 1. The maximum absolute atomic E-state index is 12.2. The highest BCUT2D eigenvalue weighted by atomic mass is 16.5. The Bertz CT molecular complexity index is 1090. The molecule has 0 aliphatic carbocycles. The molecule has 27 heavy (non-hydrogen) atoms. The average molecular weight is 373 g/mol. The number of hydrogen-bond acceptors (Lipinski definition) is 7. The van der Waals surface area contributed by atoms with Crippen molar-refractivity contribution in [1.29, 1.82) is 0 Å². The van der Waals surface area contributed by atoms with Crippen LogP contribution in [0.15, 0.2) is 40.1 Å².